The monoisotopic (exact) mass is 425 g/mol. The largest absolute Gasteiger partial charge is 0.416 e. The van der Waals surface area contributed by atoms with Gasteiger partial charge in [-0.3, -0.25) is 14.5 Å². The van der Waals surface area contributed by atoms with Crippen molar-refractivity contribution in [3.63, 3.8) is 0 Å². The lowest BCUT2D eigenvalue weighted by atomic mass is 10.2. The third-order valence-corrected chi connectivity index (χ3v) is 5.03. The smallest absolute Gasteiger partial charge is 0.350 e. The van der Waals surface area contributed by atoms with Crippen LogP contribution in [0.2, 0.25) is 0 Å². The van der Waals surface area contributed by atoms with Gasteiger partial charge in [0, 0.05) is 24.4 Å². The third-order valence-electron chi connectivity index (χ3n) is 4.19. The number of rotatable bonds is 7. The van der Waals surface area contributed by atoms with Crippen LogP contribution in [0.15, 0.2) is 35.7 Å². The average Bonchev–Trinajstić information content (AvgIpc) is 3.12. The Morgan fingerprint density at radius 1 is 1.28 bits per heavy atom. The van der Waals surface area contributed by atoms with Gasteiger partial charge in [-0.2, -0.15) is 13.2 Å². The third kappa shape index (κ3) is 6.15. The van der Waals surface area contributed by atoms with Gasteiger partial charge in [-0.15, -0.1) is 11.3 Å². The molecule has 0 aliphatic carbocycles. The standard InChI is InChI=1S/C20H22F3N3O2S/c1-4-15(5-2)24-18(28)10-9-16-12-29-19(25-16)26(13(3)27)17-8-6-7-14(11-17)20(21,22)23/h6-12,15H,4-5H2,1-3H3,(H,24,28)/b10-9+. The highest BCUT2D eigenvalue weighted by atomic mass is 32.1. The number of nitrogens with zero attached hydrogens (tertiary/aromatic N) is 2. The number of carbonyl (C=O) groups excluding carboxylic acids is 2. The molecule has 0 spiro atoms. The number of anilines is 2. The molecule has 1 aromatic heterocycles. The fraction of sp³-hybridized carbons (Fsp3) is 0.350. The Morgan fingerprint density at radius 3 is 2.55 bits per heavy atom. The quantitative estimate of drug-likeness (QED) is 0.623. The van der Waals surface area contributed by atoms with Crippen molar-refractivity contribution in [3.8, 4) is 0 Å². The van der Waals surface area contributed by atoms with E-state index in [1.54, 1.807) is 5.38 Å². The van der Waals surface area contributed by atoms with Gasteiger partial charge in [-0.25, -0.2) is 4.98 Å². The predicted molar refractivity (Wildman–Crippen MR) is 108 cm³/mol. The Balaban J connectivity index is 2.23. The van der Waals surface area contributed by atoms with Crippen LogP contribution in [0.1, 0.15) is 44.9 Å². The fourth-order valence-electron chi connectivity index (χ4n) is 2.61. The molecule has 1 N–H and O–H groups in total. The highest BCUT2D eigenvalue weighted by molar-refractivity contribution is 7.14. The summed E-state index contributed by atoms with van der Waals surface area (Å²) in [6.45, 7) is 5.21. The molecule has 9 heteroatoms. The van der Waals surface area contributed by atoms with Crippen LogP contribution >= 0.6 is 11.3 Å². The van der Waals surface area contributed by atoms with Crippen molar-refractivity contribution in [3.05, 3.63) is 47.0 Å². The minimum absolute atomic E-state index is 0.0729. The van der Waals surface area contributed by atoms with Crippen molar-refractivity contribution in [2.75, 3.05) is 4.90 Å². The Morgan fingerprint density at radius 2 is 1.97 bits per heavy atom. The second-order valence-corrected chi connectivity index (χ2v) is 7.15. The molecule has 2 rings (SSSR count). The van der Waals surface area contributed by atoms with Gasteiger partial charge in [-0.05, 0) is 37.1 Å². The number of thiazole rings is 1. The van der Waals surface area contributed by atoms with E-state index in [-0.39, 0.29) is 22.8 Å². The number of hydrogen-bond donors (Lipinski definition) is 1. The molecule has 0 aliphatic rings. The summed E-state index contributed by atoms with van der Waals surface area (Å²) in [6, 6.07) is 4.59. The number of halogens is 3. The molecule has 1 heterocycles. The van der Waals surface area contributed by atoms with Crippen molar-refractivity contribution in [2.24, 2.45) is 0 Å². The number of aromatic nitrogens is 1. The van der Waals surface area contributed by atoms with Gasteiger partial charge in [0.05, 0.1) is 16.9 Å². The minimum atomic E-state index is -4.52. The average molecular weight is 425 g/mol. The second kappa shape index (κ2) is 9.69. The Labute approximate surface area is 171 Å². The predicted octanol–water partition coefficient (Wildman–Crippen LogP) is 5.16. The van der Waals surface area contributed by atoms with Gasteiger partial charge >= 0.3 is 6.18 Å². The van der Waals surface area contributed by atoms with Gasteiger partial charge in [0.1, 0.15) is 0 Å². The van der Waals surface area contributed by atoms with Crippen molar-refractivity contribution in [1.29, 1.82) is 0 Å². The summed E-state index contributed by atoms with van der Waals surface area (Å²) < 4.78 is 39.0. The number of alkyl halides is 3. The highest BCUT2D eigenvalue weighted by Crippen LogP contribution is 2.35. The van der Waals surface area contributed by atoms with E-state index >= 15 is 0 Å². The topological polar surface area (TPSA) is 62.3 Å². The van der Waals surface area contributed by atoms with E-state index in [9.17, 15) is 22.8 Å². The van der Waals surface area contributed by atoms with Crippen LogP contribution in [0.25, 0.3) is 6.08 Å². The summed E-state index contributed by atoms with van der Waals surface area (Å²) in [6.07, 6.45) is -0.0257. The van der Waals surface area contributed by atoms with Gasteiger partial charge in [0.2, 0.25) is 11.8 Å². The molecule has 156 valence electrons. The van der Waals surface area contributed by atoms with Crippen LogP contribution in [0.3, 0.4) is 0 Å². The van der Waals surface area contributed by atoms with E-state index in [1.807, 2.05) is 13.8 Å². The zero-order valence-electron chi connectivity index (χ0n) is 16.3. The first-order valence-electron chi connectivity index (χ1n) is 9.07. The normalized spacial score (nSPS) is 11.8. The lowest BCUT2D eigenvalue weighted by Crippen LogP contribution is -2.32. The number of carbonyl (C=O) groups is 2. The molecule has 0 saturated carbocycles. The Hall–Kier alpha value is -2.68. The maximum absolute atomic E-state index is 13.0. The molecule has 0 fully saturated rings. The van der Waals surface area contributed by atoms with Crippen molar-refractivity contribution < 1.29 is 22.8 Å². The molecule has 1 aromatic carbocycles. The van der Waals surface area contributed by atoms with Crippen LogP contribution in [-0.2, 0) is 15.8 Å². The first kappa shape index (κ1) is 22.6. The summed E-state index contributed by atoms with van der Waals surface area (Å²) in [7, 11) is 0. The molecule has 0 aliphatic heterocycles. The molecule has 0 radical (unpaired) electrons. The lowest BCUT2D eigenvalue weighted by molar-refractivity contribution is -0.137. The molecule has 0 saturated heterocycles. The number of nitrogens with one attached hydrogen (secondary N) is 1. The van der Waals surface area contributed by atoms with E-state index in [0.29, 0.717) is 5.69 Å². The molecule has 5 nitrogen and oxygen atoms in total. The Bertz CT molecular complexity index is 889. The molecule has 2 aromatic rings. The van der Waals surface area contributed by atoms with Crippen LogP contribution in [0.5, 0.6) is 0 Å². The first-order chi connectivity index (χ1) is 13.7. The van der Waals surface area contributed by atoms with E-state index in [1.165, 1.54) is 31.2 Å². The van der Waals surface area contributed by atoms with Crippen LogP contribution in [-0.4, -0.2) is 22.8 Å². The lowest BCUT2D eigenvalue weighted by Gasteiger charge is -2.19. The summed E-state index contributed by atoms with van der Waals surface area (Å²) >= 11 is 1.10. The van der Waals surface area contributed by atoms with Crippen LogP contribution in [0.4, 0.5) is 24.0 Å². The molecular formula is C20H22F3N3O2S. The van der Waals surface area contributed by atoms with E-state index < -0.39 is 17.6 Å². The summed E-state index contributed by atoms with van der Waals surface area (Å²) in [4.78, 5) is 29.4. The number of benzene rings is 1. The number of amides is 2. The summed E-state index contributed by atoms with van der Waals surface area (Å²) in [5.74, 6) is -0.727. The summed E-state index contributed by atoms with van der Waals surface area (Å²) in [5, 5.41) is 4.70. The molecule has 0 atom stereocenters. The van der Waals surface area contributed by atoms with Crippen LogP contribution in [0, 0.1) is 0 Å². The van der Waals surface area contributed by atoms with E-state index in [0.717, 1.165) is 41.2 Å². The minimum Gasteiger partial charge on any atom is -0.350 e. The van der Waals surface area contributed by atoms with Crippen molar-refractivity contribution in [2.45, 2.75) is 45.8 Å². The molecule has 2 amide bonds. The van der Waals surface area contributed by atoms with Crippen molar-refractivity contribution >= 4 is 40.0 Å². The first-order valence-corrected chi connectivity index (χ1v) is 9.95. The van der Waals surface area contributed by atoms with Gasteiger partial charge in [0.25, 0.3) is 0 Å². The number of hydrogen-bond acceptors (Lipinski definition) is 4. The van der Waals surface area contributed by atoms with E-state index in [4.69, 9.17) is 0 Å². The van der Waals surface area contributed by atoms with E-state index in [2.05, 4.69) is 10.3 Å². The van der Waals surface area contributed by atoms with Gasteiger partial charge < -0.3 is 5.32 Å². The fourth-order valence-corrected chi connectivity index (χ4v) is 3.46. The molecule has 0 bridgehead atoms. The molecule has 29 heavy (non-hydrogen) atoms. The van der Waals surface area contributed by atoms with Crippen molar-refractivity contribution in [1.82, 2.24) is 10.3 Å². The van der Waals surface area contributed by atoms with Gasteiger partial charge in [-0.1, -0.05) is 19.9 Å². The zero-order chi connectivity index (χ0) is 21.6. The second-order valence-electron chi connectivity index (χ2n) is 6.31. The highest BCUT2D eigenvalue weighted by Gasteiger charge is 2.31. The molecule has 0 unspecified atom stereocenters. The summed E-state index contributed by atoms with van der Waals surface area (Å²) in [5.41, 5.74) is -0.345. The van der Waals surface area contributed by atoms with Crippen LogP contribution < -0.4 is 10.2 Å². The van der Waals surface area contributed by atoms with Gasteiger partial charge in [0.15, 0.2) is 5.13 Å². The molecular weight excluding hydrogens is 403 g/mol. The maximum Gasteiger partial charge on any atom is 0.416 e. The zero-order valence-corrected chi connectivity index (χ0v) is 17.1. The SMILES string of the molecule is CCC(CC)NC(=O)/C=C/c1csc(N(C(C)=O)c2cccc(C(F)(F)F)c2)n1. The Kier molecular flexibility index (Phi) is 7.55. The maximum atomic E-state index is 13.0.